The average Bonchev–Trinajstić information content (AvgIpc) is 3.26. The lowest BCUT2D eigenvalue weighted by Gasteiger charge is -2.34. The molecule has 172 valence electrons. The first-order valence-electron chi connectivity index (χ1n) is 10.7. The highest BCUT2D eigenvalue weighted by Gasteiger charge is 2.24. The van der Waals surface area contributed by atoms with Gasteiger partial charge in [0, 0.05) is 56.6 Å². The molecular formula is C24H26N4O4S. The van der Waals surface area contributed by atoms with E-state index in [1.807, 2.05) is 0 Å². The van der Waals surface area contributed by atoms with Crippen LogP contribution in [-0.4, -0.2) is 64.3 Å². The Balaban J connectivity index is 1.46. The number of piperazine rings is 1. The highest BCUT2D eigenvalue weighted by atomic mass is 32.1. The summed E-state index contributed by atoms with van der Waals surface area (Å²) in [5.74, 6) is 1.50. The van der Waals surface area contributed by atoms with Gasteiger partial charge in [0.1, 0.15) is 0 Å². The molecule has 0 saturated carbocycles. The Kier molecular flexibility index (Phi) is 6.88. The SMILES string of the molecule is COc1ccc(C(=O)N2CCN(C(C)=O)CC2)cc1Oc1nc(Cc2ccc(C)cc2)ns1. The number of carbonyl (C=O) groups excluding carboxylic acids is 2. The van der Waals surface area contributed by atoms with E-state index in [4.69, 9.17) is 9.47 Å². The highest BCUT2D eigenvalue weighted by Crippen LogP contribution is 2.33. The maximum atomic E-state index is 13.0. The first kappa shape index (κ1) is 22.7. The molecule has 1 aliphatic heterocycles. The number of carbonyl (C=O) groups is 2. The molecule has 8 nitrogen and oxygen atoms in total. The monoisotopic (exact) mass is 466 g/mol. The van der Waals surface area contributed by atoms with E-state index in [0.717, 1.165) is 17.1 Å². The van der Waals surface area contributed by atoms with Crippen molar-refractivity contribution in [3.8, 4) is 16.7 Å². The zero-order chi connectivity index (χ0) is 23.4. The van der Waals surface area contributed by atoms with Crippen LogP contribution < -0.4 is 9.47 Å². The minimum atomic E-state index is -0.108. The number of aromatic nitrogens is 2. The van der Waals surface area contributed by atoms with E-state index in [1.165, 1.54) is 5.56 Å². The molecule has 1 aromatic heterocycles. The smallest absolute Gasteiger partial charge is 0.298 e. The summed E-state index contributed by atoms with van der Waals surface area (Å²) in [4.78, 5) is 32.5. The minimum absolute atomic E-state index is 0.0287. The number of methoxy groups -OCH3 is 1. The van der Waals surface area contributed by atoms with Crippen LogP contribution in [0.25, 0.3) is 0 Å². The summed E-state index contributed by atoms with van der Waals surface area (Å²) in [6.07, 6.45) is 0.613. The van der Waals surface area contributed by atoms with Crippen LogP contribution in [0.3, 0.4) is 0 Å². The predicted octanol–water partition coefficient (Wildman–Crippen LogP) is 3.54. The Morgan fingerprint density at radius 3 is 2.36 bits per heavy atom. The fraction of sp³-hybridized carbons (Fsp3) is 0.333. The van der Waals surface area contributed by atoms with Crippen LogP contribution in [0.5, 0.6) is 16.7 Å². The highest BCUT2D eigenvalue weighted by molar-refractivity contribution is 7.07. The van der Waals surface area contributed by atoms with Crippen molar-refractivity contribution < 1.29 is 19.1 Å². The first-order chi connectivity index (χ1) is 15.9. The molecule has 2 amide bonds. The van der Waals surface area contributed by atoms with Crippen LogP contribution in [0.2, 0.25) is 0 Å². The summed E-state index contributed by atoms with van der Waals surface area (Å²) in [7, 11) is 1.55. The minimum Gasteiger partial charge on any atom is -0.493 e. The fourth-order valence-electron chi connectivity index (χ4n) is 3.63. The lowest BCUT2D eigenvalue weighted by atomic mass is 10.1. The van der Waals surface area contributed by atoms with Crippen molar-refractivity contribution in [2.45, 2.75) is 20.3 Å². The maximum Gasteiger partial charge on any atom is 0.298 e. The van der Waals surface area contributed by atoms with Crippen LogP contribution in [0.4, 0.5) is 0 Å². The lowest BCUT2D eigenvalue weighted by Crippen LogP contribution is -2.50. The summed E-state index contributed by atoms with van der Waals surface area (Å²) >= 11 is 1.16. The van der Waals surface area contributed by atoms with Gasteiger partial charge in [-0.05, 0) is 30.7 Å². The predicted molar refractivity (Wildman–Crippen MR) is 125 cm³/mol. The topological polar surface area (TPSA) is 84.9 Å². The van der Waals surface area contributed by atoms with Gasteiger partial charge in [-0.25, -0.2) is 0 Å². The van der Waals surface area contributed by atoms with Crippen molar-refractivity contribution >= 4 is 23.3 Å². The van der Waals surface area contributed by atoms with E-state index < -0.39 is 0 Å². The summed E-state index contributed by atoms with van der Waals surface area (Å²) in [6.45, 7) is 5.67. The van der Waals surface area contributed by atoms with Crippen LogP contribution >= 0.6 is 11.5 Å². The summed E-state index contributed by atoms with van der Waals surface area (Å²) in [5, 5.41) is 0.384. The molecule has 0 unspecified atom stereocenters. The Morgan fingerprint density at radius 2 is 1.70 bits per heavy atom. The molecular weight excluding hydrogens is 440 g/mol. The Bertz CT molecular complexity index is 1140. The molecule has 4 rings (SSSR count). The molecule has 1 saturated heterocycles. The summed E-state index contributed by atoms with van der Waals surface area (Å²) < 4.78 is 15.8. The number of hydrogen-bond acceptors (Lipinski definition) is 7. The molecule has 9 heteroatoms. The summed E-state index contributed by atoms with van der Waals surface area (Å²) in [5.41, 5.74) is 2.82. The van der Waals surface area contributed by atoms with Crippen molar-refractivity contribution in [2.75, 3.05) is 33.3 Å². The van der Waals surface area contributed by atoms with Gasteiger partial charge in [0.05, 0.1) is 7.11 Å². The second-order valence-electron chi connectivity index (χ2n) is 7.90. The van der Waals surface area contributed by atoms with Gasteiger partial charge in [0.15, 0.2) is 17.3 Å². The maximum absolute atomic E-state index is 13.0. The Hall–Kier alpha value is -3.46. The average molecular weight is 467 g/mol. The van der Waals surface area contributed by atoms with Gasteiger partial charge >= 0.3 is 0 Å². The van der Waals surface area contributed by atoms with Crippen LogP contribution in [-0.2, 0) is 11.2 Å². The second kappa shape index (κ2) is 9.99. The van der Waals surface area contributed by atoms with E-state index in [1.54, 1.807) is 42.0 Å². The fourth-order valence-corrected chi connectivity index (χ4v) is 4.19. The number of hydrogen-bond donors (Lipinski definition) is 0. The molecule has 1 fully saturated rings. The van der Waals surface area contributed by atoms with E-state index in [2.05, 4.69) is 40.5 Å². The van der Waals surface area contributed by atoms with Crippen LogP contribution in [0, 0.1) is 6.92 Å². The standard InChI is InChI=1S/C24H26N4O4S/c1-16-4-6-18(7-5-16)14-22-25-24(33-26-22)32-21-15-19(8-9-20(21)31-3)23(30)28-12-10-27(11-13-28)17(2)29/h4-9,15H,10-14H2,1-3H3. The van der Waals surface area contributed by atoms with Gasteiger partial charge in [-0.2, -0.15) is 9.36 Å². The van der Waals surface area contributed by atoms with Crippen molar-refractivity contribution in [1.29, 1.82) is 0 Å². The molecule has 0 atom stereocenters. The molecule has 33 heavy (non-hydrogen) atoms. The Labute approximate surface area is 196 Å². The van der Waals surface area contributed by atoms with Gasteiger partial charge in [-0.3, -0.25) is 9.59 Å². The largest absolute Gasteiger partial charge is 0.493 e. The third kappa shape index (κ3) is 5.48. The van der Waals surface area contributed by atoms with E-state index in [0.29, 0.717) is 60.7 Å². The second-order valence-corrected chi connectivity index (χ2v) is 8.62. The van der Waals surface area contributed by atoms with Gasteiger partial charge < -0.3 is 19.3 Å². The molecule has 2 aromatic carbocycles. The normalized spacial score (nSPS) is 13.7. The van der Waals surface area contributed by atoms with E-state index in [-0.39, 0.29) is 11.8 Å². The zero-order valence-electron chi connectivity index (χ0n) is 18.9. The number of rotatable bonds is 6. The number of nitrogens with zero attached hydrogens (tertiary/aromatic N) is 4. The van der Waals surface area contributed by atoms with Crippen molar-refractivity contribution in [3.05, 3.63) is 65.0 Å². The number of aryl methyl sites for hydroxylation is 1. The molecule has 0 spiro atoms. The molecule has 0 aliphatic carbocycles. The quantitative estimate of drug-likeness (QED) is 0.552. The van der Waals surface area contributed by atoms with Gasteiger partial charge in [0.25, 0.3) is 11.1 Å². The molecule has 2 heterocycles. The summed E-state index contributed by atoms with van der Waals surface area (Å²) in [6, 6.07) is 13.3. The van der Waals surface area contributed by atoms with Crippen molar-refractivity contribution in [3.63, 3.8) is 0 Å². The molecule has 0 radical (unpaired) electrons. The molecule has 1 aliphatic rings. The third-order valence-corrected chi connectivity index (χ3v) is 6.19. The van der Waals surface area contributed by atoms with Crippen LogP contribution in [0.1, 0.15) is 34.2 Å². The number of ether oxygens (including phenoxy) is 2. The molecule has 0 N–H and O–H groups in total. The number of amides is 2. The lowest BCUT2D eigenvalue weighted by molar-refractivity contribution is -0.130. The van der Waals surface area contributed by atoms with Gasteiger partial charge in [0.2, 0.25) is 5.91 Å². The zero-order valence-corrected chi connectivity index (χ0v) is 19.7. The molecule has 0 bridgehead atoms. The third-order valence-electron chi connectivity index (χ3n) is 5.55. The van der Waals surface area contributed by atoms with E-state index >= 15 is 0 Å². The van der Waals surface area contributed by atoms with Gasteiger partial charge in [-0.1, -0.05) is 29.8 Å². The van der Waals surface area contributed by atoms with Crippen molar-refractivity contribution in [2.24, 2.45) is 0 Å². The van der Waals surface area contributed by atoms with E-state index in [9.17, 15) is 9.59 Å². The Morgan fingerprint density at radius 1 is 1.00 bits per heavy atom. The number of benzene rings is 2. The van der Waals surface area contributed by atoms with Gasteiger partial charge in [-0.15, -0.1) is 0 Å². The first-order valence-corrected chi connectivity index (χ1v) is 11.5. The molecule has 3 aromatic rings. The van der Waals surface area contributed by atoms with Crippen molar-refractivity contribution in [1.82, 2.24) is 19.2 Å². The van der Waals surface area contributed by atoms with Crippen LogP contribution in [0.15, 0.2) is 42.5 Å².